The first-order valence-electron chi connectivity index (χ1n) is 7.30. The Morgan fingerprint density at radius 1 is 1.17 bits per heavy atom. The average Bonchev–Trinajstić information content (AvgIpc) is 2.38. The number of hydrogen-bond donors (Lipinski definition) is 2. The fraction of sp³-hybridized carbons (Fsp3) is 0.929. The van der Waals surface area contributed by atoms with Gasteiger partial charge in [-0.3, -0.25) is 4.79 Å². The van der Waals surface area contributed by atoms with Crippen LogP contribution in [0.5, 0.6) is 0 Å². The van der Waals surface area contributed by atoms with Crippen molar-refractivity contribution in [2.75, 3.05) is 6.61 Å². The lowest BCUT2D eigenvalue weighted by molar-refractivity contribution is -0.126. The predicted octanol–water partition coefficient (Wildman–Crippen LogP) is 1.71. The van der Waals surface area contributed by atoms with Crippen LogP contribution in [0.15, 0.2) is 0 Å². The van der Waals surface area contributed by atoms with Crippen molar-refractivity contribution in [1.82, 2.24) is 0 Å². The normalized spacial score (nSPS) is 34.4. The van der Waals surface area contributed by atoms with Crippen molar-refractivity contribution in [2.45, 2.75) is 69.4 Å². The molecule has 2 aliphatic carbocycles. The molecule has 2 aliphatic rings. The van der Waals surface area contributed by atoms with Crippen LogP contribution in [0.4, 0.5) is 0 Å². The van der Waals surface area contributed by atoms with E-state index in [4.69, 9.17) is 16.2 Å². The van der Waals surface area contributed by atoms with E-state index < -0.39 is 5.54 Å². The minimum atomic E-state index is -0.838. The molecule has 4 nitrogen and oxygen atoms in total. The molecular weight excluding hydrogens is 228 g/mol. The average molecular weight is 254 g/mol. The van der Waals surface area contributed by atoms with E-state index in [2.05, 4.69) is 0 Å². The molecule has 0 aliphatic heterocycles. The molecule has 0 spiro atoms. The van der Waals surface area contributed by atoms with E-state index in [1.54, 1.807) is 0 Å². The highest BCUT2D eigenvalue weighted by molar-refractivity contribution is 5.84. The molecule has 0 radical (unpaired) electrons. The molecule has 104 valence electrons. The quantitative estimate of drug-likeness (QED) is 0.801. The van der Waals surface area contributed by atoms with Gasteiger partial charge >= 0.3 is 0 Å². The molecular formula is C14H26N2O2. The first-order valence-corrected chi connectivity index (χ1v) is 7.30. The molecule has 0 bridgehead atoms. The van der Waals surface area contributed by atoms with Gasteiger partial charge in [0, 0.05) is 13.0 Å². The van der Waals surface area contributed by atoms with Gasteiger partial charge in [-0.15, -0.1) is 0 Å². The molecule has 4 heteroatoms. The predicted molar refractivity (Wildman–Crippen MR) is 70.9 cm³/mol. The molecule has 0 aromatic rings. The maximum atomic E-state index is 11.4. The molecule has 4 N–H and O–H groups in total. The molecule has 0 aromatic carbocycles. The summed E-state index contributed by atoms with van der Waals surface area (Å²) in [6, 6.07) is 0. The summed E-state index contributed by atoms with van der Waals surface area (Å²) < 4.78 is 5.98. The van der Waals surface area contributed by atoms with Crippen molar-refractivity contribution in [3.05, 3.63) is 0 Å². The van der Waals surface area contributed by atoms with Gasteiger partial charge in [0.05, 0.1) is 11.6 Å². The summed E-state index contributed by atoms with van der Waals surface area (Å²) in [6.45, 7) is 0.833. The van der Waals surface area contributed by atoms with E-state index in [1.165, 1.54) is 32.1 Å². The van der Waals surface area contributed by atoms with Crippen molar-refractivity contribution >= 4 is 5.91 Å². The van der Waals surface area contributed by atoms with Crippen LogP contribution in [0.2, 0.25) is 0 Å². The Hall–Kier alpha value is -0.610. The number of rotatable bonds is 4. The highest BCUT2D eigenvalue weighted by Gasteiger charge is 2.38. The summed E-state index contributed by atoms with van der Waals surface area (Å²) in [5, 5.41) is 0. The zero-order valence-electron chi connectivity index (χ0n) is 11.2. The molecule has 0 heterocycles. The van der Waals surface area contributed by atoms with Gasteiger partial charge in [0.1, 0.15) is 0 Å². The Bertz CT molecular complexity index is 290. The number of ether oxygens (including phenoxy) is 1. The van der Waals surface area contributed by atoms with Crippen LogP contribution in [0.1, 0.15) is 57.8 Å². The number of carbonyl (C=O) groups excluding carboxylic acids is 1. The second-order valence-electron chi connectivity index (χ2n) is 6.08. The largest absolute Gasteiger partial charge is 0.378 e. The van der Waals surface area contributed by atoms with E-state index in [0.29, 0.717) is 18.8 Å². The highest BCUT2D eigenvalue weighted by Crippen LogP contribution is 2.30. The van der Waals surface area contributed by atoms with Crippen LogP contribution in [-0.4, -0.2) is 24.2 Å². The Morgan fingerprint density at radius 2 is 1.89 bits per heavy atom. The lowest BCUT2D eigenvalue weighted by Gasteiger charge is -2.36. The third-order valence-electron chi connectivity index (χ3n) is 4.52. The van der Waals surface area contributed by atoms with Gasteiger partial charge in [0.25, 0.3) is 0 Å². The molecule has 0 aromatic heterocycles. The van der Waals surface area contributed by atoms with Crippen molar-refractivity contribution in [1.29, 1.82) is 0 Å². The van der Waals surface area contributed by atoms with E-state index >= 15 is 0 Å². The monoisotopic (exact) mass is 254 g/mol. The number of amides is 1. The Labute approximate surface area is 109 Å². The Balaban J connectivity index is 1.77. The summed E-state index contributed by atoms with van der Waals surface area (Å²) in [5.74, 6) is 0.329. The molecule has 1 amide bonds. The third-order valence-corrected chi connectivity index (χ3v) is 4.52. The van der Waals surface area contributed by atoms with Crippen LogP contribution in [-0.2, 0) is 9.53 Å². The number of nitrogens with two attached hydrogens (primary N) is 2. The molecule has 2 unspecified atom stereocenters. The van der Waals surface area contributed by atoms with Gasteiger partial charge in [-0.05, 0) is 38.0 Å². The fourth-order valence-electron chi connectivity index (χ4n) is 3.25. The maximum Gasteiger partial charge on any atom is 0.237 e. The Morgan fingerprint density at radius 3 is 2.56 bits per heavy atom. The van der Waals surface area contributed by atoms with Gasteiger partial charge < -0.3 is 16.2 Å². The first kappa shape index (κ1) is 13.8. The van der Waals surface area contributed by atoms with Crippen LogP contribution < -0.4 is 11.5 Å². The molecule has 2 saturated carbocycles. The van der Waals surface area contributed by atoms with Crippen LogP contribution in [0, 0.1) is 5.92 Å². The van der Waals surface area contributed by atoms with Crippen molar-refractivity contribution < 1.29 is 9.53 Å². The van der Waals surface area contributed by atoms with Gasteiger partial charge in [-0.25, -0.2) is 0 Å². The van der Waals surface area contributed by atoms with Crippen LogP contribution >= 0.6 is 0 Å². The fourth-order valence-corrected chi connectivity index (χ4v) is 3.25. The highest BCUT2D eigenvalue weighted by atomic mass is 16.5. The molecule has 2 rings (SSSR count). The smallest absolute Gasteiger partial charge is 0.237 e. The van der Waals surface area contributed by atoms with Crippen molar-refractivity contribution in [3.63, 3.8) is 0 Å². The SMILES string of the molecule is NC(=O)C1(N)CCCC(OCC2CCCCC2)C1. The number of hydrogen-bond acceptors (Lipinski definition) is 3. The van der Waals surface area contributed by atoms with E-state index in [-0.39, 0.29) is 12.0 Å². The van der Waals surface area contributed by atoms with Gasteiger partial charge in [0.15, 0.2) is 0 Å². The summed E-state index contributed by atoms with van der Waals surface area (Å²) in [5.41, 5.74) is 10.6. The zero-order chi connectivity index (χ0) is 13.0. The molecule has 2 atom stereocenters. The van der Waals surface area contributed by atoms with Crippen LogP contribution in [0.25, 0.3) is 0 Å². The van der Waals surface area contributed by atoms with Gasteiger partial charge in [-0.2, -0.15) is 0 Å². The number of primary amides is 1. The third kappa shape index (κ3) is 3.45. The zero-order valence-corrected chi connectivity index (χ0v) is 11.2. The van der Waals surface area contributed by atoms with E-state index in [0.717, 1.165) is 19.4 Å². The van der Waals surface area contributed by atoms with Crippen LogP contribution in [0.3, 0.4) is 0 Å². The summed E-state index contributed by atoms with van der Waals surface area (Å²) in [4.78, 5) is 11.4. The second-order valence-corrected chi connectivity index (χ2v) is 6.08. The molecule has 2 fully saturated rings. The summed E-state index contributed by atoms with van der Waals surface area (Å²) in [7, 11) is 0. The van der Waals surface area contributed by atoms with Gasteiger partial charge in [0.2, 0.25) is 5.91 Å². The van der Waals surface area contributed by atoms with Crippen molar-refractivity contribution in [3.8, 4) is 0 Å². The second kappa shape index (κ2) is 6.02. The summed E-state index contributed by atoms with van der Waals surface area (Å²) >= 11 is 0. The Kier molecular flexibility index (Phi) is 4.62. The standard InChI is InChI=1S/C14H26N2O2/c15-13(17)14(16)8-4-7-12(9-14)18-10-11-5-2-1-3-6-11/h11-12H,1-10,16H2,(H2,15,17). The molecule has 18 heavy (non-hydrogen) atoms. The van der Waals surface area contributed by atoms with E-state index in [9.17, 15) is 4.79 Å². The van der Waals surface area contributed by atoms with Crippen molar-refractivity contribution in [2.24, 2.45) is 17.4 Å². The first-order chi connectivity index (χ1) is 8.60. The van der Waals surface area contributed by atoms with Gasteiger partial charge in [-0.1, -0.05) is 19.3 Å². The molecule has 0 saturated heterocycles. The maximum absolute atomic E-state index is 11.4. The topological polar surface area (TPSA) is 78.3 Å². The van der Waals surface area contributed by atoms with E-state index in [1.807, 2.05) is 0 Å². The summed E-state index contributed by atoms with van der Waals surface area (Å²) in [6.07, 6.45) is 9.98. The minimum Gasteiger partial charge on any atom is -0.378 e. The lowest BCUT2D eigenvalue weighted by Crippen LogP contribution is -2.56. The minimum absolute atomic E-state index is 0.123. The number of carbonyl (C=O) groups is 1. The lowest BCUT2D eigenvalue weighted by atomic mass is 9.80.